The van der Waals surface area contributed by atoms with Gasteiger partial charge in [-0.25, -0.2) is 9.59 Å². The summed E-state index contributed by atoms with van der Waals surface area (Å²) in [6, 6.07) is 4.38. The molecule has 0 amide bonds. The molecule has 5 nitrogen and oxygen atoms in total. The quantitative estimate of drug-likeness (QED) is 0.221. The Morgan fingerprint density at radius 2 is 1.44 bits per heavy atom. The lowest BCUT2D eigenvalue weighted by Gasteiger charge is -2.35. The summed E-state index contributed by atoms with van der Waals surface area (Å²) in [6.07, 6.45) is 3.20. The van der Waals surface area contributed by atoms with Gasteiger partial charge in [0.1, 0.15) is 5.29 Å². The van der Waals surface area contributed by atoms with Crippen LogP contribution in [0.25, 0.3) is 0 Å². The maximum absolute atomic E-state index is 13.2. The average Bonchev–Trinajstić information content (AvgIpc) is 3.06. The third kappa shape index (κ3) is 4.78. The molecule has 0 radical (unpaired) electrons. The Morgan fingerprint density at radius 1 is 0.875 bits per heavy atom. The van der Waals surface area contributed by atoms with Crippen molar-refractivity contribution in [2.24, 2.45) is 0 Å². The molecule has 176 valence electrons. The highest BCUT2D eigenvalue weighted by Crippen LogP contribution is 2.56. The molecular weight excluding hydrogens is 423 g/mol. The minimum Gasteiger partial charge on any atom is -0.465 e. The molecule has 2 rings (SSSR count). The van der Waals surface area contributed by atoms with E-state index in [4.69, 9.17) is 9.47 Å². The smallest absolute Gasteiger partial charge is 0.379 e. The second kappa shape index (κ2) is 9.02. The van der Waals surface area contributed by atoms with Gasteiger partial charge < -0.3 is 9.47 Å². The van der Waals surface area contributed by atoms with Crippen molar-refractivity contribution < 1.29 is 23.9 Å². The zero-order valence-corrected chi connectivity index (χ0v) is 22.0. The van der Waals surface area contributed by atoms with E-state index >= 15 is 0 Å². The Balaban J connectivity index is 3.14. The molecule has 6 heteroatoms. The van der Waals surface area contributed by atoms with Crippen LogP contribution in [0.5, 0.6) is 0 Å². The number of carbonyl (C=O) groups excluding carboxylic acids is 3. The van der Waals surface area contributed by atoms with Crippen LogP contribution in [-0.2, 0) is 34.7 Å². The number of esters is 2. The highest BCUT2D eigenvalue weighted by molar-refractivity contribution is 7.87. The third-order valence-electron chi connectivity index (χ3n) is 6.07. The summed E-state index contributed by atoms with van der Waals surface area (Å²) in [5, 5.41) is 0.987. The molecule has 0 fully saturated rings. The number of hydrogen-bond acceptors (Lipinski definition) is 5. The van der Waals surface area contributed by atoms with Gasteiger partial charge in [0.25, 0.3) is 5.78 Å². The Bertz CT molecular complexity index is 1050. The molecule has 1 aromatic rings. The van der Waals surface area contributed by atoms with E-state index in [1.54, 1.807) is 0 Å². The second-order valence-electron chi connectivity index (χ2n) is 10.7. The third-order valence-corrected chi connectivity index (χ3v) is 10.6. The number of benzene rings is 1. The first-order valence-corrected chi connectivity index (χ1v) is 13.0. The van der Waals surface area contributed by atoms with Crippen LogP contribution in [0.15, 0.2) is 23.8 Å². The molecule has 1 atom stereocenters. The van der Waals surface area contributed by atoms with E-state index in [1.807, 2.05) is 13.8 Å². The van der Waals surface area contributed by atoms with Gasteiger partial charge in [-0.1, -0.05) is 65.3 Å². The lowest BCUT2D eigenvalue weighted by molar-refractivity contribution is -0.149. The molecule has 1 unspecified atom stereocenters. The fraction of sp³-hybridized carbons (Fsp3) is 0.538. The van der Waals surface area contributed by atoms with Crippen LogP contribution in [0.2, 0.25) is 0 Å². The number of hydrogen-bond donors (Lipinski definition) is 0. The molecule has 0 spiro atoms. The number of aryl methyl sites for hydroxylation is 1. The van der Waals surface area contributed by atoms with Crippen LogP contribution in [-0.4, -0.2) is 49.6 Å². The van der Waals surface area contributed by atoms with Gasteiger partial charge in [0.2, 0.25) is 0 Å². The maximum Gasteiger partial charge on any atom is 0.379 e. The lowest BCUT2D eigenvalue weighted by atomic mass is 9.79. The number of methoxy groups -OCH3 is 2. The zero-order valence-electron chi connectivity index (χ0n) is 21.1. The summed E-state index contributed by atoms with van der Waals surface area (Å²) in [6.45, 7) is 14.4. The van der Waals surface area contributed by atoms with E-state index in [-0.39, 0.29) is 16.1 Å². The molecule has 0 saturated carbocycles. The monoisotopic (exact) mass is 460 g/mol. The summed E-state index contributed by atoms with van der Waals surface area (Å²) in [4.78, 5) is 38.6. The molecule has 0 aromatic heterocycles. The van der Waals surface area contributed by atoms with Crippen LogP contribution < -0.4 is 5.30 Å². The predicted molar refractivity (Wildman–Crippen MR) is 133 cm³/mol. The molecule has 0 saturated heterocycles. The molecule has 1 heterocycles. The lowest BCUT2D eigenvalue weighted by Crippen LogP contribution is -2.38. The van der Waals surface area contributed by atoms with Gasteiger partial charge in [-0.05, 0) is 65.9 Å². The number of ketones is 1. The fourth-order valence-corrected chi connectivity index (χ4v) is 9.58. The van der Waals surface area contributed by atoms with Gasteiger partial charge in [0.05, 0.1) is 14.2 Å². The number of carbonyl (C=O) groups is 3. The molecule has 1 aromatic carbocycles. The molecule has 0 N–H and O–H groups in total. The molecule has 0 aliphatic carbocycles. The van der Waals surface area contributed by atoms with Crippen molar-refractivity contribution in [3.8, 4) is 0 Å². The zero-order chi connectivity index (χ0) is 24.6. The van der Waals surface area contributed by atoms with Crippen molar-refractivity contribution in [3.63, 3.8) is 0 Å². The summed E-state index contributed by atoms with van der Waals surface area (Å²) in [5.74, 6) is -2.67. The highest BCUT2D eigenvalue weighted by atomic mass is 31.2. The molecule has 1 aliphatic heterocycles. The number of Topliss-reactive ketones (excluding diaryl/α,β-unsaturated/α-hetero) is 1. The van der Waals surface area contributed by atoms with E-state index < -0.39 is 24.6 Å². The first kappa shape index (κ1) is 26.1. The van der Waals surface area contributed by atoms with Crippen LogP contribution in [0, 0.1) is 6.92 Å². The summed E-state index contributed by atoms with van der Waals surface area (Å²) in [5.41, 5.74) is 4.16. The van der Waals surface area contributed by atoms with Gasteiger partial charge in [0, 0.05) is 0 Å². The standard InChI is InChI=1S/C26H37O5P/c1-16-11-12-32(15-16,22(24(29)31-10)20(27)23(28)30-9)21-17(2)13-18(25(3,4)5)14-19(21)26(6,7)8/h11,13-14H,12,15H2,1-10H3. The molecule has 0 bridgehead atoms. The van der Waals surface area contributed by atoms with Crippen LogP contribution in [0.1, 0.15) is 65.2 Å². The van der Waals surface area contributed by atoms with Gasteiger partial charge in [-0.3, -0.25) is 4.79 Å². The summed E-state index contributed by atoms with van der Waals surface area (Å²) < 4.78 is 9.80. The van der Waals surface area contributed by atoms with Crippen molar-refractivity contribution in [2.75, 3.05) is 26.5 Å². The average molecular weight is 461 g/mol. The number of rotatable bonds is 4. The fourth-order valence-electron chi connectivity index (χ4n) is 4.42. The Kier molecular flexibility index (Phi) is 7.36. The normalized spacial score (nSPS) is 18.8. The largest absolute Gasteiger partial charge is 0.465 e. The summed E-state index contributed by atoms with van der Waals surface area (Å²) in [7, 11) is 2.41. The number of allylic oxidation sites excluding steroid dienone is 2. The molecule has 32 heavy (non-hydrogen) atoms. The number of ether oxygens (including phenoxy) is 2. The predicted octanol–water partition coefficient (Wildman–Crippen LogP) is 4.28. The van der Waals surface area contributed by atoms with Crippen molar-refractivity contribution in [3.05, 3.63) is 40.5 Å². The molecular formula is C26H37O5P. The van der Waals surface area contributed by atoms with Crippen LogP contribution in [0.3, 0.4) is 0 Å². The maximum atomic E-state index is 13.2. The van der Waals surface area contributed by atoms with Gasteiger partial charge in [0.15, 0.2) is 0 Å². The topological polar surface area (TPSA) is 69.7 Å². The van der Waals surface area contributed by atoms with Crippen molar-refractivity contribution >= 4 is 35.2 Å². The van der Waals surface area contributed by atoms with E-state index in [1.165, 1.54) is 12.7 Å². The summed E-state index contributed by atoms with van der Waals surface area (Å²) >= 11 is 0. The first-order chi connectivity index (χ1) is 14.6. The van der Waals surface area contributed by atoms with E-state index in [9.17, 15) is 14.4 Å². The van der Waals surface area contributed by atoms with E-state index in [0.717, 1.165) is 29.1 Å². The first-order valence-electron chi connectivity index (χ1n) is 10.9. The Labute approximate surface area is 192 Å². The minimum atomic E-state index is -2.61. The van der Waals surface area contributed by atoms with E-state index in [0.29, 0.717) is 12.3 Å². The van der Waals surface area contributed by atoms with E-state index in [2.05, 4.69) is 59.8 Å². The van der Waals surface area contributed by atoms with Gasteiger partial charge in [-0.2, -0.15) is 0 Å². The van der Waals surface area contributed by atoms with Crippen LogP contribution in [0.4, 0.5) is 0 Å². The Hall–Kier alpha value is -2.13. The minimum absolute atomic E-state index is 0.0444. The Morgan fingerprint density at radius 3 is 1.84 bits per heavy atom. The van der Waals surface area contributed by atoms with Crippen molar-refractivity contribution in [2.45, 2.75) is 66.2 Å². The SMILES string of the molecule is COC(=O)C(=O)C(C(=O)OC)=P1(c2c(C)cc(C(C)(C)C)cc2C(C)(C)C)CC=C(C)C1. The van der Waals surface area contributed by atoms with Crippen molar-refractivity contribution in [1.29, 1.82) is 0 Å². The van der Waals surface area contributed by atoms with Crippen molar-refractivity contribution in [1.82, 2.24) is 0 Å². The second-order valence-corrected chi connectivity index (χ2v) is 14.2. The van der Waals surface area contributed by atoms with Crippen LogP contribution >= 0.6 is 6.89 Å². The molecule has 1 aliphatic rings. The highest BCUT2D eigenvalue weighted by Gasteiger charge is 2.42. The van der Waals surface area contributed by atoms with Gasteiger partial charge in [-0.15, -0.1) is 0 Å². The van der Waals surface area contributed by atoms with Gasteiger partial charge >= 0.3 is 11.9 Å².